The molecular weight excluding hydrogens is 581 g/mol. The van der Waals surface area contributed by atoms with Crippen molar-refractivity contribution < 1.29 is 18.0 Å². The number of benzene rings is 3. The minimum atomic E-state index is -4.12. The monoisotopic (exact) mass is 617 g/mol. The van der Waals surface area contributed by atoms with Crippen molar-refractivity contribution in [3.8, 4) is 0 Å². The summed E-state index contributed by atoms with van der Waals surface area (Å²) < 4.78 is 29.0. The van der Waals surface area contributed by atoms with Crippen LogP contribution in [-0.2, 0) is 26.2 Å². The molecule has 220 valence electrons. The summed E-state index contributed by atoms with van der Waals surface area (Å²) in [6, 6.07) is 17.4. The fourth-order valence-corrected chi connectivity index (χ4v) is 6.05. The second-order valence-electron chi connectivity index (χ2n) is 10.4. The van der Waals surface area contributed by atoms with Gasteiger partial charge in [-0.2, -0.15) is 0 Å². The third kappa shape index (κ3) is 8.24. The van der Waals surface area contributed by atoms with Crippen LogP contribution in [-0.4, -0.2) is 44.3 Å². The van der Waals surface area contributed by atoms with E-state index in [1.807, 2.05) is 40.7 Å². The highest BCUT2D eigenvalue weighted by molar-refractivity contribution is 7.92. The van der Waals surface area contributed by atoms with Gasteiger partial charge in [-0.15, -0.1) is 0 Å². The number of carbonyl (C=O) groups is 2. The van der Waals surface area contributed by atoms with Gasteiger partial charge in [-0.3, -0.25) is 13.9 Å². The molecule has 0 heterocycles. The van der Waals surface area contributed by atoms with E-state index in [0.717, 1.165) is 15.4 Å². The Bertz CT molecular complexity index is 1480. The third-order valence-electron chi connectivity index (χ3n) is 6.80. The van der Waals surface area contributed by atoms with Crippen molar-refractivity contribution in [3.05, 3.63) is 93.5 Å². The first-order valence-corrected chi connectivity index (χ1v) is 15.7. The Balaban J connectivity index is 2.07. The molecule has 1 N–H and O–H groups in total. The largest absolute Gasteiger partial charge is 0.354 e. The van der Waals surface area contributed by atoms with Gasteiger partial charge in [0.1, 0.15) is 12.6 Å². The number of carbonyl (C=O) groups excluding carboxylic acids is 2. The van der Waals surface area contributed by atoms with E-state index >= 15 is 0 Å². The number of aryl methyl sites for hydroxylation is 2. The Labute approximate surface area is 253 Å². The molecule has 0 fully saturated rings. The molecule has 3 aromatic carbocycles. The molecule has 3 rings (SSSR count). The Morgan fingerprint density at radius 2 is 1.59 bits per heavy atom. The predicted molar refractivity (Wildman–Crippen MR) is 166 cm³/mol. The first kappa shape index (κ1) is 32.4. The molecule has 10 heteroatoms. The van der Waals surface area contributed by atoms with Crippen LogP contribution in [0.4, 0.5) is 5.69 Å². The first-order valence-electron chi connectivity index (χ1n) is 13.5. The lowest BCUT2D eigenvalue weighted by atomic mass is 10.1. The summed E-state index contributed by atoms with van der Waals surface area (Å²) in [7, 11) is -4.12. The average Bonchev–Trinajstić information content (AvgIpc) is 2.94. The van der Waals surface area contributed by atoms with Gasteiger partial charge in [-0.05, 0) is 79.3 Å². The van der Waals surface area contributed by atoms with Crippen molar-refractivity contribution in [1.29, 1.82) is 0 Å². The Morgan fingerprint density at radius 1 is 0.902 bits per heavy atom. The predicted octanol–water partition coefficient (Wildman–Crippen LogP) is 6.39. The van der Waals surface area contributed by atoms with Gasteiger partial charge in [-0.1, -0.05) is 74.3 Å². The molecule has 0 radical (unpaired) electrons. The van der Waals surface area contributed by atoms with Gasteiger partial charge < -0.3 is 10.2 Å². The molecule has 41 heavy (non-hydrogen) atoms. The van der Waals surface area contributed by atoms with E-state index in [2.05, 4.69) is 5.32 Å². The lowest BCUT2D eigenvalue weighted by molar-refractivity contribution is -0.140. The lowest BCUT2D eigenvalue weighted by Crippen LogP contribution is -2.52. The third-order valence-corrected chi connectivity index (χ3v) is 9.32. The van der Waals surface area contributed by atoms with Gasteiger partial charge in [-0.25, -0.2) is 8.42 Å². The molecule has 0 saturated carbocycles. The van der Waals surface area contributed by atoms with Crippen molar-refractivity contribution in [3.63, 3.8) is 0 Å². The van der Waals surface area contributed by atoms with Gasteiger partial charge in [0.05, 0.1) is 20.6 Å². The molecule has 7 nitrogen and oxygen atoms in total. The summed E-state index contributed by atoms with van der Waals surface area (Å²) in [4.78, 5) is 28.9. The van der Waals surface area contributed by atoms with Gasteiger partial charge in [0.2, 0.25) is 11.8 Å². The molecule has 0 aliphatic rings. The van der Waals surface area contributed by atoms with Crippen LogP contribution < -0.4 is 9.62 Å². The molecule has 3 aromatic rings. The van der Waals surface area contributed by atoms with Gasteiger partial charge >= 0.3 is 0 Å². The molecule has 0 spiro atoms. The zero-order valence-electron chi connectivity index (χ0n) is 24.0. The van der Waals surface area contributed by atoms with Crippen LogP contribution in [0.15, 0.2) is 71.6 Å². The highest BCUT2D eigenvalue weighted by atomic mass is 35.5. The normalized spacial score (nSPS) is 12.2. The molecular formula is C31H37Cl2N3O4S. The molecule has 0 saturated heterocycles. The van der Waals surface area contributed by atoms with E-state index in [0.29, 0.717) is 34.3 Å². The van der Waals surface area contributed by atoms with E-state index in [1.54, 1.807) is 48.5 Å². The molecule has 0 unspecified atom stereocenters. The number of nitrogens with one attached hydrogen (secondary N) is 1. The number of hydrogen-bond donors (Lipinski definition) is 1. The van der Waals surface area contributed by atoms with Gasteiger partial charge in [0.15, 0.2) is 0 Å². The Hall–Kier alpha value is -3.07. The summed E-state index contributed by atoms with van der Waals surface area (Å²) in [5.41, 5.74) is 2.89. The maximum atomic E-state index is 14.1. The van der Waals surface area contributed by atoms with Gasteiger partial charge in [0.25, 0.3) is 10.0 Å². The molecule has 0 aliphatic heterocycles. The zero-order chi connectivity index (χ0) is 30.3. The van der Waals surface area contributed by atoms with Crippen LogP contribution in [0.1, 0.15) is 43.9 Å². The standard InChI is InChI=1S/C31H37Cl2N3O4S/c1-6-29(31(38)34-18-21(2)3)35(19-24-13-15-27(32)28(33)17-24)30(37)20-36(25-14-12-22(4)23(5)16-25)41(39,40)26-10-8-7-9-11-26/h7-17,21,29H,6,18-20H2,1-5H3,(H,34,38)/t29-/m0/s1. The van der Waals surface area contributed by atoms with Crippen molar-refractivity contribution in [2.45, 2.75) is 58.5 Å². The number of sulfonamides is 1. The number of rotatable bonds is 12. The molecule has 0 aliphatic carbocycles. The smallest absolute Gasteiger partial charge is 0.264 e. The number of anilines is 1. The molecule has 0 aromatic heterocycles. The van der Waals surface area contributed by atoms with E-state index in [4.69, 9.17) is 23.2 Å². The summed E-state index contributed by atoms with van der Waals surface area (Å²) in [5.74, 6) is -0.620. The van der Waals surface area contributed by atoms with Crippen molar-refractivity contribution >= 4 is 50.7 Å². The molecule has 1 atom stereocenters. The average molecular weight is 619 g/mol. The SMILES string of the molecule is CC[C@@H](C(=O)NCC(C)C)N(Cc1ccc(Cl)c(Cl)c1)C(=O)CN(c1ccc(C)c(C)c1)S(=O)(=O)c1ccccc1. The Morgan fingerprint density at radius 3 is 2.17 bits per heavy atom. The highest BCUT2D eigenvalue weighted by Crippen LogP contribution is 2.28. The summed E-state index contributed by atoms with van der Waals surface area (Å²) in [6.07, 6.45) is 0.325. The van der Waals surface area contributed by atoms with E-state index in [-0.39, 0.29) is 23.3 Å². The van der Waals surface area contributed by atoms with E-state index in [1.165, 1.54) is 17.0 Å². The summed E-state index contributed by atoms with van der Waals surface area (Å²) in [5, 5.41) is 3.60. The van der Waals surface area contributed by atoms with E-state index < -0.39 is 28.5 Å². The minimum Gasteiger partial charge on any atom is -0.354 e. The fraction of sp³-hybridized carbons (Fsp3) is 0.355. The summed E-state index contributed by atoms with van der Waals surface area (Å²) >= 11 is 12.4. The quantitative estimate of drug-likeness (QED) is 0.255. The van der Waals surface area contributed by atoms with Crippen molar-refractivity contribution in [2.24, 2.45) is 5.92 Å². The van der Waals surface area contributed by atoms with Crippen molar-refractivity contribution in [2.75, 3.05) is 17.4 Å². The fourth-order valence-electron chi connectivity index (χ4n) is 4.31. The van der Waals surface area contributed by atoms with Crippen molar-refractivity contribution in [1.82, 2.24) is 10.2 Å². The van der Waals surface area contributed by atoms with Crippen LogP contribution in [0.25, 0.3) is 0 Å². The maximum Gasteiger partial charge on any atom is 0.264 e. The number of hydrogen-bond acceptors (Lipinski definition) is 4. The first-order chi connectivity index (χ1) is 19.3. The molecule has 2 amide bonds. The van der Waals surface area contributed by atoms with Crippen LogP contribution in [0.2, 0.25) is 10.0 Å². The number of nitrogens with zero attached hydrogens (tertiary/aromatic N) is 2. The maximum absolute atomic E-state index is 14.1. The number of halogens is 2. The number of amides is 2. The molecule has 0 bridgehead atoms. The van der Waals surface area contributed by atoms with Crippen LogP contribution in [0.5, 0.6) is 0 Å². The second-order valence-corrected chi connectivity index (χ2v) is 13.1. The van der Waals surface area contributed by atoms with Crippen LogP contribution >= 0.6 is 23.2 Å². The van der Waals surface area contributed by atoms with E-state index in [9.17, 15) is 18.0 Å². The topological polar surface area (TPSA) is 86.8 Å². The zero-order valence-corrected chi connectivity index (χ0v) is 26.4. The minimum absolute atomic E-state index is 0.0372. The second kappa shape index (κ2) is 14.2. The van der Waals surface area contributed by atoms with Crippen LogP contribution in [0, 0.1) is 19.8 Å². The van der Waals surface area contributed by atoms with Gasteiger partial charge in [0, 0.05) is 13.1 Å². The Kier molecular flexibility index (Phi) is 11.2. The highest BCUT2D eigenvalue weighted by Gasteiger charge is 2.33. The van der Waals surface area contributed by atoms with Crippen LogP contribution in [0.3, 0.4) is 0 Å². The lowest BCUT2D eigenvalue weighted by Gasteiger charge is -2.33. The summed E-state index contributed by atoms with van der Waals surface area (Å²) in [6.45, 7) is 9.57.